The lowest BCUT2D eigenvalue weighted by molar-refractivity contribution is 0.240. The van der Waals surface area contributed by atoms with E-state index in [0.717, 1.165) is 33.8 Å². The van der Waals surface area contributed by atoms with Crippen LogP contribution in [0, 0.1) is 0 Å². The van der Waals surface area contributed by atoms with Gasteiger partial charge in [-0.1, -0.05) is 37.3 Å². The Balaban J connectivity index is 1.58. The molecule has 2 heterocycles. The molecule has 0 atom stereocenters. The van der Waals surface area contributed by atoms with Crippen molar-refractivity contribution in [2.75, 3.05) is 5.32 Å². The molecule has 4 aromatic rings. The molecule has 0 amide bonds. The number of nitrogens with one attached hydrogen (secondary N) is 2. The van der Waals surface area contributed by atoms with Crippen molar-refractivity contribution in [3.8, 4) is 17.1 Å². The summed E-state index contributed by atoms with van der Waals surface area (Å²) in [6.45, 7) is 6.61. The van der Waals surface area contributed by atoms with Crippen molar-refractivity contribution in [1.29, 1.82) is 0 Å². The number of H-pyrrole nitrogens is 1. The fourth-order valence-electron chi connectivity index (χ4n) is 3.51. The van der Waals surface area contributed by atoms with E-state index < -0.39 is 0 Å². The standard InChI is InChI=1S/C25H26N4O2/c1-4-19-13-24(30)29-25(28-19)18-10-12-23(26-14-18)27-15-21-20-8-6-5-7-17(20)9-11-22(21)31-16(2)3/h5-14,16H,4,15H2,1-3H3,(H,26,27)(H,28,29,30). The Morgan fingerprint density at radius 2 is 1.94 bits per heavy atom. The Kier molecular flexibility index (Phi) is 5.98. The summed E-state index contributed by atoms with van der Waals surface area (Å²) in [5, 5.41) is 5.72. The number of aromatic amines is 1. The Morgan fingerprint density at radius 1 is 1.10 bits per heavy atom. The van der Waals surface area contributed by atoms with E-state index in [4.69, 9.17) is 4.74 Å². The van der Waals surface area contributed by atoms with E-state index in [9.17, 15) is 4.79 Å². The minimum atomic E-state index is -0.155. The molecule has 0 unspecified atom stereocenters. The third-order valence-corrected chi connectivity index (χ3v) is 5.00. The Bertz CT molecular complexity index is 1250. The number of fused-ring (bicyclic) bond motifs is 1. The number of ether oxygens (including phenoxy) is 1. The van der Waals surface area contributed by atoms with Gasteiger partial charge in [0, 0.05) is 35.6 Å². The fraction of sp³-hybridized carbons (Fsp3) is 0.240. The number of anilines is 1. The first-order chi connectivity index (χ1) is 15.0. The smallest absolute Gasteiger partial charge is 0.251 e. The van der Waals surface area contributed by atoms with Crippen LogP contribution in [0.3, 0.4) is 0 Å². The van der Waals surface area contributed by atoms with Crippen LogP contribution >= 0.6 is 0 Å². The van der Waals surface area contributed by atoms with E-state index in [1.807, 2.05) is 51.1 Å². The highest BCUT2D eigenvalue weighted by Crippen LogP contribution is 2.29. The van der Waals surface area contributed by atoms with E-state index in [1.165, 1.54) is 11.5 Å². The van der Waals surface area contributed by atoms with Crippen LogP contribution in [0.5, 0.6) is 5.75 Å². The first-order valence-electron chi connectivity index (χ1n) is 10.5. The highest BCUT2D eigenvalue weighted by molar-refractivity contribution is 5.88. The van der Waals surface area contributed by atoms with Crippen LogP contribution < -0.4 is 15.6 Å². The van der Waals surface area contributed by atoms with E-state index in [1.54, 1.807) is 6.20 Å². The molecule has 31 heavy (non-hydrogen) atoms. The summed E-state index contributed by atoms with van der Waals surface area (Å²) in [5.74, 6) is 2.14. The molecule has 0 aliphatic carbocycles. The zero-order chi connectivity index (χ0) is 21.8. The molecule has 0 fully saturated rings. The van der Waals surface area contributed by atoms with Gasteiger partial charge in [-0.3, -0.25) is 4.79 Å². The van der Waals surface area contributed by atoms with Crippen molar-refractivity contribution < 1.29 is 4.74 Å². The van der Waals surface area contributed by atoms with Gasteiger partial charge in [0.15, 0.2) is 0 Å². The molecule has 4 rings (SSSR count). The maximum atomic E-state index is 11.8. The van der Waals surface area contributed by atoms with Crippen LogP contribution in [0.15, 0.2) is 65.6 Å². The second-order valence-corrected chi connectivity index (χ2v) is 7.65. The second kappa shape index (κ2) is 9.00. The Hall–Kier alpha value is -3.67. The molecule has 0 radical (unpaired) electrons. The molecule has 2 aromatic heterocycles. The van der Waals surface area contributed by atoms with Gasteiger partial charge in [-0.15, -0.1) is 0 Å². The average Bonchev–Trinajstić information content (AvgIpc) is 2.78. The minimum Gasteiger partial charge on any atom is -0.491 e. The molecular weight excluding hydrogens is 388 g/mol. The topological polar surface area (TPSA) is 79.9 Å². The third kappa shape index (κ3) is 4.74. The molecule has 158 valence electrons. The molecule has 0 spiro atoms. The highest BCUT2D eigenvalue weighted by Gasteiger charge is 2.11. The average molecular weight is 415 g/mol. The lowest BCUT2D eigenvalue weighted by Crippen LogP contribution is -2.11. The summed E-state index contributed by atoms with van der Waals surface area (Å²) in [5.41, 5.74) is 2.47. The highest BCUT2D eigenvalue weighted by atomic mass is 16.5. The fourth-order valence-corrected chi connectivity index (χ4v) is 3.51. The minimum absolute atomic E-state index is 0.0888. The zero-order valence-electron chi connectivity index (χ0n) is 18.0. The molecule has 6 heteroatoms. The molecule has 0 saturated heterocycles. The summed E-state index contributed by atoms with van der Waals surface area (Å²) in [4.78, 5) is 23.6. The van der Waals surface area contributed by atoms with E-state index in [2.05, 4.69) is 38.5 Å². The number of pyridine rings is 1. The van der Waals surface area contributed by atoms with Crippen molar-refractivity contribution in [2.45, 2.75) is 39.8 Å². The van der Waals surface area contributed by atoms with Crippen molar-refractivity contribution in [3.63, 3.8) is 0 Å². The molecule has 2 aromatic carbocycles. The van der Waals surface area contributed by atoms with Gasteiger partial charge in [0.2, 0.25) is 0 Å². The quantitative estimate of drug-likeness (QED) is 0.447. The Morgan fingerprint density at radius 3 is 2.68 bits per heavy atom. The van der Waals surface area contributed by atoms with Crippen LogP contribution in [0.2, 0.25) is 0 Å². The summed E-state index contributed by atoms with van der Waals surface area (Å²) in [6.07, 6.45) is 2.51. The van der Waals surface area contributed by atoms with Gasteiger partial charge < -0.3 is 15.0 Å². The van der Waals surface area contributed by atoms with Crippen LogP contribution in [0.4, 0.5) is 5.82 Å². The molecule has 0 aliphatic heterocycles. The number of benzene rings is 2. The molecule has 0 saturated carbocycles. The maximum absolute atomic E-state index is 11.8. The predicted molar refractivity (Wildman–Crippen MR) is 125 cm³/mol. The van der Waals surface area contributed by atoms with E-state index in [0.29, 0.717) is 18.8 Å². The first-order valence-corrected chi connectivity index (χ1v) is 10.5. The number of hydrogen-bond donors (Lipinski definition) is 2. The second-order valence-electron chi connectivity index (χ2n) is 7.65. The number of aromatic nitrogens is 3. The summed E-state index contributed by atoms with van der Waals surface area (Å²) < 4.78 is 6.05. The van der Waals surface area contributed by atoms with Gasteiger partial charge in [0.25, 0.3) is 5.56 Å². The molecule has 0 aliphatic rings. The van der Waals surface area contributed by atoms with Crippen LogP contribution in [-0.4, -0.2) is 21.1 Å². The third-order valence-electron chi connectivity index (χ3n) is 5.00. The maximum Gasteiger partial charge on any atom is 0.251 e. The molecule has 0 bridgehead atoms. The SMILES string of the molecule is CCc1cc(=O)[nH]c(-c2ccc(NCc3c(OC(C)C)ccc4ccccc34)nc2)n1. The van der Waals surface area contributed by atoms with Crippen molar-refractivity contribution in [1.82, 2.24) is 15.0 Å². The van der Waals surface area contributed by atoms with E-state index >= 15 is 0 Å². The number of rotatable bonds is 7. The van der Waals surface area contributed by atoms with Gasteiger partial charge in [0.05, 0.1) is 6.10 Å². The summed E-state index contributed by atoms with van der Waals surface area (Å²) in [7, 11) is 0. The molecule has 6 nitrogen and oxygen atoms in total. The largest absolute Gasteiger partial charge is 0.491 e. The first kappa shape index (κ1) is 20.6. The zero-order valence-corrected chi connectivity index (χ0v) is 18.0. The van der Waals surface area contributed by atoms with Gasteiger partial charge in [-0.05, 0) is 49.2 Å². The summed E-state index contributed by atoms with van der Waals surface area (Å²) in [6, 6.07) is 17.7. The predicted octanol–water partition coefficient (Wildman–Crippen LogP) is 4.95. The lowest BCUT2D eigenvalue weighted by Gasteiger charge is -2.17. The number of hydrogen-bond acceptors (Lipinski definition) is 5. The van der Waals surface area contributed by atoms with Gasteiger partial charge in [0.1, 0.15) is 17.4 Å². The molecular formula is C25H26N4O2. The van der Waals surface area contributed by atoms with E-state index in [-0.39, 0.29) is 11.7 Å². The van der Waals surface area contributed by atoms with Gasteiger partial charge in [-0.25, -0.2) is 9.97 Å². The molecule has 2 N–H and O–H groups in total. The van der Waals surface area contributed by atoms with Gasteiger partial charge in [-0.2, -0.15) is 0 Å². The Labute approximate surface area is 181 Å². The van der Waals surface area contributed by atoms with Crippen LogP contribution in [0.25, 0.3) is 22.2 Å². The van der Waals surface area contributed by atoms with Crippen molar-refractivity contribution in [2.24, 2.45) is 0 Å². The normalized spacial score (nSPS) is 11.1. The van der Waals surface area contributed by atoms with Gasteiger partial charge >= 0.3 is 0 Å². The summed E-state index contributed by atoms with van der Waals surface area (Å²) >= 11 is 0. The monoisotopic (exact) mass is 414 g/mol. The number of nitrogens with zero attached hydrogens (tertiary/aromatic N) is 2. The van der Waals surface area contributed by atoms with Crippen LogP contribution in [-0.2, 0) is 13.0 Å². The van der Waals surface area contributed by atoms with Crippen molar-refractivity contribution >= 4 is 16.6 Å². The lowest BCUT2D eigenvalue weighted by atomic mass is 10.0. The number of aryl methyl sites for hydroxylation is 1. The van der Waals surface area contributed by atoms with Crippen LogP contribution in [0.1, 0.15) is 32.0 Å². The van der Waals surface area contributed by atoms with Crippen molar-refractivity contribution in [3.05, 3.63) is 82.4 Å².